The van der Waals surface area contributed by atoms with Crippen LogP contribution in [0.15, 0.2) is 18.2 Å². The molecule has 0 spiro atoms. The summed E-state index contributed by atoms with van der Waals surface area (Å²) in [5.41, 5.74) is -1.69. The van der Waals surface area contributed by atoms with E-state index in [0.29, 0.717) is 50.9 Å². The molecule has 30 heavy (non-hydrogen) atoms. The lowest BCUT2D eigenvalue weighted by Gasteiger charge is -2.37. The van der Waals surface area contributed by atoms with E-state index in [4.69, 9.17) is 9.47 Å². The number of hydrogen-bond donors (Lipinski definition) is 0. The standard InChI is InChI=1S/C21H25F3N2O4/c1-2-28-18(27)12-26-9-7-20(13-25,8-10-26)15-3-4-16(30-19(22)23)17(11-15)29-14-21(24)5-6-21/h3-4,11,19H,2,5-10,12,14H2,1H3. The Kier molecular flexibility index (Phi) is 6.76. The predicted octanol–water partition coefficient (Wildman–Crippen LogP) is 3.59. The first-order chi connectivity index (χ1) is 14.3. The molecule has 2 aliphatic rings. The van der Waals surface area contributed by atoms with Gasteiger partial charge in [0, 0.05) is 13.1 Å². The van der Waals surface area contributed by atoms with E-state index < -0.39 is 17.7 Å². The SMILES string of the molecule is CCOC(=O)CN1CCC(C#N)(c2ccc(OC(F)F)c(OCC3(F)CC3)c2)CC1. The van der Waals surface area contributed by atoms with Gasteiger partial charge in [0.15, 0.2) is 11.5 Å². The monoisotopic (exact) mass is 426 g/mol. The topological polar surface area (TPSA) is 71.8 Å². The average Bonchev–Trinajstić information content (AvgIpc) is 3.45. The van der Waals surface area contributed by atoms with Gasteiger partial charge >= 0.3 is 12.6 Å². The lowest BCUT2D eigenvalue weighted by atomic mass is 9.74. The third-order valence-corrected chi connectivity index (χ3v) is 5.57. The predicted molar refractivity (Wildman–Crippen MR) is 101 cm³/mol. The zero-order valence-corrected chi connectivity index (χ0v) is 16.8. The van der Waals surface area contributed by atoms with Crippen LogP contribution in [-0.4, -0.2) is 56.0 Å². The zero-order valence-electron chi connectivity index (χ0n) is 16.8. The number of esters is 1. The largest absolute Gasteiger partial charge is 0.486 e. The van der Waals surface area contributed by atoms with Gasteiger partial charge in [0.05, 0.1) is 24.6 Å². The molecule has 164 valence electrons. The van der Waals surface area contributed by atoms with Crippen LogP contribution in [-0.2, 0) is 14.9 Å². The molecule has 1 heterocycles. The second kappa shape index (κ2) is 9.13. The highest BCUT2D eigenvalue weighted by atomic mass is 19.3. The minimum absolute atomic E-state index is 0.000281. The smallest absolute Gasteiger partial charge is 0.387 e. The fraction of sp³-hybridized carbons (Fsp3) is 0.619. The Bertz CT molecular complexity index is 800. The van der Waals surface area contributed by atoms with E-state index in [9.17, 15) is 23.2 Å². The zero-order chi connectivity index (χ0) is 21.8. The number of carbonyl (C=O) groups excluding carboxylic acids is 1. The molecule has 6 nitrogen and oxygen atoms in total. The van der Waals surface area contributed by atoms with Crippen LogP contribution >= 0.6 is 0 Å². The molecule has 2 fully saturated rings. The Morgan fingerprint density at radius 3 is 2.50 bits per heavy atom. The van der Waals surface area contributed by atoms with Gasteiger partial charge in [0.1, 0.15) is 12.3 Å². The lowest BCUT2D eigenvalue weighted by Crippen LogP contribution is -2.44. The van der Waals surface area contributed by atoms with Crippen molar-refractivity contribution in [1.29, 1.82) is 5.26 Å². The van der Waals surface area contributed by atoms with Gasteiger partial charge in [-0.25, -0.2) is 4.39 Å². The molecule has 0 N–H and O–H groups in total. The minimum atomic E-state index is -3.05. The molecule has 1 aromatic carbocycles. The Labute approximate surface area is 173 Å². The average molecular weight is 426 g/mol. The number of piperidine rings is 1. The second-order valence-corrected chi connectivity index (χ2v) is 7.75. The van der Waals surface area contributed by atoms with Crippen molar-refractivity contribution >= 4 is 5.97 Å². The summed E-state index contributed by atoms with van der Waals surface area (Å²) in [6.45, 7) is -0.0766. The van der Waals surface area contributed by atoms with Gasteiger partial charge in [-0.2, -0.15) is 14.0 Å². The van der Waals surface area contributed by atoms with E-state index in [0.717, 1.165) is 0 Å². The highest BCUT2D eigenvalue weighted by Gasteiger charge is 2.44. The van der Waals surface area contributed by atoms with Gasteiger partial charge in [0.2, 0.25) is 0 Å². The minimum Gasteiger partial charge on any atom is -0.486 e. The molecular formula is C21H25F3N2O4. The Hall–Kier alpha value is -2.47. The van der Waals surface area contributed by atoms with Crippen molar-refractivity contribution in [2.45, 2.75) is 50.3 Å². The molecule has 1 saturated carbocycles. The summed E-state index contributed by atoms with van der Waals surface area (Å²) in [7, 11) is 0. The van der Waals surface area contributed by atoms with Crippen molar-refractivity contribution in [3.05, 3.63) is 23.8 Å². The number of nitriles is 1. The number of nitrogens with zero attached hydrogens (tertiary/aromatic N) is 2. The van der Waals surface area contributed by atoms with Crippen molar-refractivity contribution in [2.75, 3.05) is 32.8 Å². The lowest BCUT2D eigenvalue weighted by molar-refractivity contribution is -0.144. The van der Waals surface area contributed by atoms with Gasteiger partial charge in [-0.05, 0) is 50.3 Å². The van der Waals surface area contributed by atoms with Crippen LogP contribution in [0.2, 0.25) is 0 Å². The van der Waals surface area contributed by atoms with Crippen LogP contribution in [0, 0.1) is 11.3 Å². The number of rotatable bonds is 9. The molecule has 0 unspecified atom stereocenters. The summed E-state index contributed by atoms with van der Waals surface area (Å²) in [5.74, 6) is -0.502. The summed E-state index contributed by atoms with van der Waals surface area (Å²) in [6.07, 6.45) is 1.64. The Morgan fingerprint density at radius 2 is 1.93 bits per heavy atom. The second-order valence-electron chi connectivity index (χ2n) is 7.75. The molecule has 0 aromatic heterocycles. The van der Waals surface area contributed by atoms with Crippen LogP contribution in [0.4, 0.5) is 13.2 Å². The number of likely N-dealkylation sites (tertiary alicyclic amines) is 1. The van der Waals surface area contributed by atoms with Crippen LogP contribution in [0.25, 0.3) is 0 Å². The first-order valence-corrected chi connectivity index (χ1v) is 9.99. The van der Waals surface area contributed by atoms with Crippen molar-refractivity contribution in [3.63, 3.8) is 0 Å². The van der Waals surface area contributed by atoms with Gasteiger partial charge in [0.25, 0.3) is 0 Å². The maximum Gasteiger partial charge on any atom is 0.387 e. The third-order valence-electron chi connectivity index (χ3n) is 5.57. The first kappa shape index (κ1) is 22.2. The van der Waals surface area contributed by atoms with Crippen LogP contribution in [0.5, 0.6) is 11.5 Å². The van der Waals surface area contributed by atoms with Crippen molar-refractivity contribution in [2.24, 2.45) is 0 Å². The number of halogens is 3. The maximum absolute atomic E-state index is 14.0. The summed E-state index contributed by atoms with van der Waals surface area (Å²) in [4.78, 5) is 13.6. The highest BCUT2D eigenvalue weighted by molar-refractivity contribution is 5.71. The first-order valence-electron chi connectivity index (χ1n) is 9.99. The quantitative estimate of drug-likeness (QED) is 0.562. The van der Waals surface area contributed by atoms with Crippen LogP contribution < -0.4 is 9.47 Å². The Morgan fingerprint density at radius 1 is 1.23 bits per heavy atom. The normalized spacial score (nSPS) is 19.7. The molecule has 0 atom stereocenters. The fourth-order valence-electron chi connectivity index (χ4n) is 3.55. The molecule has 0 bridgehead atoms. The third kappa shape index (κ3) is 5.36. The molecule has 1 aromatic rings. The molecule has 9 heteroatoms. The molecule has 0 radical (unpaired) electrons. The van der Waals surface area contributed by atoms with E-state index in [-0.39, 0.29) is 30.6 Å². The van der Waals surface area contributed by atoms with E-state index in [1.54, 1.807) is 13.0 Å². The molecule has 1 saturated heterocycles. The number of alkyl halides is 3. The molecular weight excluding hydrogens is 401 g/mol. The summed E-state index contributed by atoms with van der Waals surface area (Å²) in [5, 5.41) is 9.91. The molecule has 1 aliphatic carbocycles. The number of ether oxygens (including phenoxy) is 3. The molecule has 0 amide bonds. The number of hydrogen-bond acceptors (Lipinski definition) is 6. The van der Waals surface area contributed by atoms with Crippen molar-refractivity contribution in [3.8, 4) is 17.6 Å². The highest BCUT2D eigenvalue weighted by Crippen LogP contribution is 2.43. The van der Waals surface area contributed by atoms with E-state index in [2.05, 4.69) is 10.8 Å². The van der Waals surface area contributed by atoms with Crippen LogP contribution in [0.1, 0.15) is 38.2 Å². The number of benzene rings is 1. The van der Waals surface area contributed by atoms with Crippen molar-refractivity contribution in [1.82, 2.24) is 4.90 Å². The number of carbonyl (C=O) groups is 1. The summed E-state index contributed by atoms with van der Waals surface area (Å²) >= 11 is 0. The summed E-state index contributed by atoms with van der Waals surface area (Å²) < 4.78 is 54.4. The van der Waals surface area contributed by atoms with Crippen LogP contribution in [0.3, 0.4) is 0 Å². The van der Waals surface area contributed by atoms with Gasteiger partial charge < -0.3 is 14.2 Å². The van der Waals surface area contributed by atoms with Gasteiger partial charge in [-0.1, -0.05) is 6.07 Å². The van der Waals surface area contributed by atoms with Crippen molar-refractivity contribution < 1.29 is 32.2 Å². The van der Waals surface area contributed by atoms with E-state index >= 15 is 0 Å². The summed E-state index contributed by atoms with van der Waals surface area (Å²) in [6, 6.07) is 6.74. The van der Waals surface area contributed by atoms with E-state index in [1.165, 1.54) is 12.1 Å². The Balaban J connectivity index is 1.75. The molecule has 1 aliphatic heterocycles. The fourth-order valence-corrected chi connectivity index (χ4v) is 3.55. The van der Waals surface area contributed by atoms with Gasteiger partial charge in [-0.15, -0.1) is 0 Å². The van der Waals surface area contributed by atoms with E-state index in [1.807, 2.05) is 4.90 Å². The molecule has 3 rings (SSSR count). The van der Waals surface area contributed by atoms with Gasteiger partial charge in [-0.3, -0.25) is 9.69 Å². The maximum atomic E-state index is 14.0.